The molecule has 1 aromatic heterocycles. The van der Waals surface area contributed by atoms with Gasteiger partial charge in [0.1, 0.15) is 0 Å². The van der Waals surface area contributed by atoms with E-state index >= 15 is 0 Å². The van der Waals surface area contributed by atoms with Crippen LogP contribution >= 0.6 is 0 Å². The van der Waals surface area contributed by atoms with Gasteiger partial charge in [0.2, 0.25) is 5.91 Å². The van der Waals surface area contributed by atoms with Crippen LogP contribution in [-0.4, -0.2) is 23.2 Å². The number of nitrogens with zero attached hydrogens (tertiary/aromatic N) is 1. The number of nitrogens with one attached hydrogen (secondary N) is 2. The molecular weight excluding hydrogens is 214 g/mol. The highest BCUT2D eigenvalue weighted by atomic mass is 16.2. The lowest BCUT2D eigenvalue weighted by Gasteiger charge is -2.27. The molecule has 2 atom stereocenters. The van der Waals surface area contributed by atoms with E-state index in [2.05, 4.69) is 17.7 Å². The van der Waals surface area contributed by atoms with Crippen molar-refractivity contribution in [3.63, 3.8) is 0 Å². The van der Waals surface area contributed by atoms with Gasteiger partial charge in [-0.1, -0.05) is 0 Å². The third-order valence-electron chi connectivity index (χ3n) is 3.49. The molecule has 0 saturated carbocycles. The maximum atomic E-state index is 12.2. The number of aromatic nitrogens is 1. The summed E-state index contributed by atoms with van der Waals surface area (Å²) in [6.07, 6.45) is 1.85. The molecule has 1 aromatic rings. The summed E-state index contributed by atoms with van der Waals surface area (Å²) >= 11 is 0. The first-order valence-electron chi connectivity index (χ1n) is 6.27. The Kier molecular flexibility index (Phi) is 3.52. The van der Waals surface area contributed by atoms with Crippen molar-refractivity contribution in [1.82, 2.24) is 9.99 Å². The maximum Gasteiger partial charge on any atom is 0.242 e. The summed E-state index contributed by atoms with van der Waals surface area (Å²) in [5, 5.41) is 3.36. The van der Waals surface area contributed by atoms with Gasteiger partial charge in [-0.15, -0.1) is 0 Å². The summed E-state index contributed by atoms with van der Waals surface area (Å²) in [4.78, 5) is 12.2. The van der Waals surface area contributed by atoms with E-state index in [-0.39, 0.29) is 11.8 Å². The van der Waals surface area contributed by atoms with Crippen LogP contribution in [0.1, 0.15) is 31.2 Å². The van der Waals surface area contributed by atoms with E-state index in [9.17, 15) is 4.79 Å². The molecule has 0 bridgehead atoms. The van der Waals surface area contributed by atoms with Gasteiger partial charge in [-0.05, 0) is 52.3 Å². The van der Waals surface area contributed by atoms with Gasteiger partial charge < -0.3 is 5.32 Å². The molecule has 17 heavy (non-hydrogen) atoms. The number of amides is 1. The van der Waals surface area contributed by atoms with Crippen molar-refractivity contribution >= 4 is 5.91 Å². The predicted molar refractivity (Wildman–Crippen MR) is 68.5 cm³/mol. The van der Waals surface area contributed by atoms with Crippen LogP contribution in [-0.2, 0) is 4.79 Å². The average molecular weight is 235 g/mol. The fourth-order valence-electron chi connectivity index (χ4n) is 2.42. The lowest BCUT2D eigenvalue weighted by Crippen LogP contribution is -2.42. The fraction of sp³-hybridized carbons (Fsp3) is 0.615. The Morgan fingerprint density at radius 3 is 2.65 bits per heavy atom. The number of aryl methyl sites for hydroxylation is 2. The maximum absolute atomic E-state index is 12.2. The van der Waals surface area contributed by atoms with Crippen molar-refractivity contribution in [3.05, 3.63) is 23.5 Å². The highest BCUT2D eigenvalue weighted by Crippen LogP contribution is 2.17. The minimum atomic E-state index is 0.132. The molecule has 1 aliphatic rings. The van der Waals surface area contributed by atoms with Gasteiger partial charge in [0, 0.05) is 23.3 Å². The second-order valence-corrected chi connectivity index (χ2v) is 5.00. The predicted octanol–water partition coefficient (Wildman–Crippen LogP) is 1.56. The third-order valence-corrected chi connectivity index (χ3v) is 3.49. The Morgan fingerprint density at radius 1 is 1.41 bits per heavy atom. The molecule has 4 heteroatoms. The highest BCUT2D eigenvalue weighted by molar-refractivity contribution is 5.86. The zero-order chi connectivity index (χ0) is 12.4. The largest absolute Gasteiger partial charge is 0.314 e. The Hall–Kier alpha value is -1.29. The summed E-state index contributed by atoms with van der Waals surface area (Å²) in [6.45, 7) is 7.06. The summed E-state index contributed by atoms with van der Waals surface area (Å²) in [6, 6.07) is 4.47. The van der Waals surface area contributed by atoms with E-state index in [1.807, 2.05) is 30.7 Å². The topological polar surface area (TPSA) is 46.1 Å². The molecule has 1 aliphatic heterocycles. The first-order valence-corrected chi connectivity index (χ1v) is 6.27. The van der Waals surface area contributed by atoms with Crippen molar-refractivity contribution in [2.45, 2.75) is 39.7 Å². The summed E-state index contributed by atoms with van der Waals surface area (Å²) in [5.41, 5.74) is 5.13. The van der Waals surface area contributed by atoms with E-state index in [0.717, 1.165) is 30.8 Å². The van der Waals surface area contributed by atoms with Crippen LogP contribution in [0.4, 0.5) is 0 Å². The molecule has 94 valence electrons. The van der Waals surface area contributed by atoms with Gasteiger partial charge in [0.25, 0.3) is 0 Å². The van der Waals surface area contributed by atoms with E-state index < -0.39 is 0 Å². The molecule has 2 rings (SSSR count). The number of piperidine rings is 1. The lowest BCUT2D eigenvalue weighted by atomic mass is 9.93. The number of hydrogen-bond acceptors (Lipinski definition) is 2. The van der Waals surface area contributed by atoms with Crippen molar-refractivity contribution in [3.8, 4) is 0 Å². The van der Waals surface area contributed by atoms with Gasteiger partial charge in [-0.25, -0.2) is 0 Å². The van der Waals surface area contributed by atoms with E-state index in [1.165, 1.54) is 0 Å². The zero-order valence-corrected chi connectivity index (χ0v) is 10.8. The smallest absolute Gasteiger partial charge is 0.242 e. The second-order valence-electron chi connectivity index (χ2n) is 5.00. The first-order chi connectivity index (χ1) is 8.08. The average Bonchev–Trinajstić information content (AvgIpc) is 2.61. The Labute approximate surface area is 102 Å². The number of hydrogen-bond donors (Lipinski definition) is 2. The van der Waals surface area contributed by atoms with Crippen LogP contribution in [0, 0.1) is 19.8 Å². The van der Waals surface area contributed by atoms with Crippen molar-refractivity contribution < 1.29 is 4.79 Å². The van der Waals surface area contributed by atoms with Crippen LogP contribution in [0.3, 0.4) is 0 Å². The minimum Gasteiger partial charge on any atom is -0.314 e. The summed E-state index contributed by atoms with van der Waals surface area (Å²) in [5.74, 6) is 0.271. The van der Waals surface area contributed by atoms with Crippen molar-refractivity contribution in [2.75, 3.05) is 12.0 Å². The zero-order valence-electron chi connectivity index (χ0n) is 10.8. The van der Waals surface area contributed by atoms with Crippen molar-refractivity contribution in [2.24, 2.45) is 5.92 Å². The van der Waals surface area contributed by atoms with E-state index in [1.54, 1.807) is 0 Å². The van der Waals surface area contributed by atoms with Crippen LogP contribution in [0.25, 0.3) is 0 Å². The normalized spacial score (nSPS) is 24.6. The van der Waals surface area contributed by atoms with Crippen LogP contribution in [0.2, 0.25) is 0 Å². The molecule has 2 heterocycles. The molecule has 0 aliphatic carbocycles. The molecule has 1 fully saturated rings. The first kappa shape index (κ1) is 12.2. The number of carbonyl (C=O) groups is 1. The van der Waals surface area contributed by atoms with E-state index in [0.29, 0.717) is 6.04 Å². The molecule has 0 radical (unpaired) electrons. The monoisotopic (exact) mass is 235 g/mol. The van der Waals surface area contributed by atoms with Gasteiger partial charge in [0.05, 0.1) is 0 Å². The van der Waals surface area contributed by atoms with Gasteiger partial charge in [-0.3, -0.25) is 14.9 Å². The van der Waals surface area contributed by atoms with Crippen LogP contribution in [0.5, 0.6) is 0 Å². The molecule has 0 spiro atoms. The molecule has 2 unspecified atom stereocenters. The Morgan fingerprint density at radius 2 is 2.06 bits per heavy atom. The third kappa shape index (κ3) is 2.69. The molecule has 1 saturated heterocycles. The molecular formula is C13H21N3O. The van der Waals surface area contributed by atoms with E-state index in [4.69, 9.17) is 0 Å². The Bertz CT molecular complexity index is 391. The van der Waals surface area contributed by atoms with Gasteiger partial charge >= 0.3 is 0 Å². The van der Waals surface area contributed by atoms with Gasteiger partial charge in [0.15, 0.2) is 0 Å². The SMILES string of the molecule is Cc1ccc(C)n1NC(=O)C1CCNC(C)C1. The molecule has 0 aromatic carbocycles. The summed E-state index contributed by atoms with van der Waals surface area (Å²) < 4.78 is 1.87. The fourth-order valence-corrected chi connectivity index (χ4v) is 2.42. The standard InChI is InChI=1S/C13H21N3O/c1-9-8-12(6-7-14-9)13(17)15-16-10(2)4-5-11(16)3/h4-5,9,12,14H,6-8H2,1-3H3,(H,15,17). The highest BCUT2D eigenvalue weighted by Gasteiger charge is 2.25. The minimum absolute atomic E-state index is 0.132. The van der Waals surface area contributed by atoms with Crippen molar-refractivity contribution in [1.29, 1.82) is 0 Å². The van der Waals surface area contributed by atoms with Crippen LogP contribution in [0.15, 0.2) is 12.1 Å². The second kappa shape index (κ2) is 4.92. The summed E-state index contributed by atoms with van der Waals surface area (Å²) in [7, 11) is 0. The molecule has 1 amide bonds. The van der Waals surface area contributed by atoms with Gasteiger partial charge in [-0.2, -0.15) is 0 Å². The lowest BCUT2D eigenvalue weighted by molar-refractivity contribution is -0.121. The van der Waals surface area contributed by atoms with Crippen LogP contribution < -0.4 is 10.7 Å². The number of carbonyl (C=O) groups excluding carboxylic acids is 1. The molecule has 4 nitrogen and oxygen atoms in total. The quantitative estimate of drug-likeness (QED) is 0.817. The Balaban J connectivity index is 2.01. The molecule has 2 N–H and O–H groups in total. The number of rotatable bonds is 2.